The van der Waals surface area contributed by atoms with E-state index in [0.717, 1.165) is 19.6 Å². The van der Waals surface area contributed by atoms with Crippen LogP contribution in [-0.4, -0.2) is 53.4 Å². The van der Waals surface area contributed by atoms with Gasteiger partial charge in [-0.3, -0.25) is 10.4 Å². The second-order valence-electron chi connectivity index (χ2n) is 9.81. The largest absolute Gasteiger partial charge is 0.493 e. The number of nitrogens with one attached hydrogen (secondary N) is 2. The number of nitrogen functional groups attached to an aromatic ring is 1. The zero-order valence-corrected chi connectivity index (χ0v) is 22.8. The van der Waals surface area contributed by atoms with Crippen molar-refractivity contribution < 1.29 is 9.47 Å². The van der Waals surface area contributed by atoms with E-state index in [2.05, 4.69) is 45.9 Å². The molecule has 0 saturated carbocycles. The Balaban J connectivity index is 1.48. The highest BCUT2D eigenvalue weighted by Gasteiger charge is 2.39. The minimum atomic E-state index is 0.0898. The second kappa shape index (κ2) is 11.1. The summed E-state index contributed by atoms with van der Waals surface area (Å²) < 4.78 is 11.4. The summed E-state index contributed by atoms with van der Waals surface area (Å²) in [5.74, 6) is 1.47. The molecule has 0 radical (unpaired) electrons. The van der Waals surface area contributed by atoms with Gasteiger partial charge in [0.05, 0.1) is 22.9 Å². The lowest BCUT2D eigenvalue weighted by Gasteiger charge is -2.48. The molecule has 1 saturated heterocycles. The lowest BCUT2D eigenvalue weighted by molar-refractivity contribution is 0.224. The van der Waals surface area contributed by atoms with Crippen molar-refractivity contribution in [1.82, 2.24) is 20.3 Å². The average molecular weight is 544 g/mol. The van der Waals surface area contributed by atoms with Crippen molar-refractivity contribution in [2.24, 2.45) is 5.41 Å². The molecule has 1 aromatic carbocycles. The summed E-state index contributed by atoms with van der Waals surface area (Å²) >= 11 is 12.4. The molecule has 9 nitrogen and oxygen atoms in total. The van der Waals surface area contributed by atoms with Gasteiger partial charge in [0.15, 0.2) is 11.5 Å². The fraction of sp³-hybridized carbons (Fsp3) is 0.385. The molecule has 196 valence electrons. The van der Waals surface area contributed by atoms with Crippen molar-refractivity contribution in [3.8, 4) is 11.5 Å². The van der Waals surface area contributed by atoms with Crippen LogP contribution < -0.4 is 25.4 Å². The molecule has 3 heterocycles. The maximum absolute atomic E-state index is 8.77. The van der Waals surface area contributed by atoms with Gasteiger partial charge in [0.2, 0.25) is 5.95 Å². The number of benzene rings is 1. The highest BCUT2D eigenvalue weighted by molar-refractivity contribution is 6.35. The molecule has 4 rings (SSSR count). The lowest BCUT2D eigenvalue weighted by atomic mass is 9.82. The minimum absolute atomic E-state index is 0.0898. The number of halogens is 2. The lowest BCUT2D eigenvalue weighted by Crippen LogP contribution is -2.60. The number of methoxy groups -OCH3 is 1. The summed E-state index contributed by atoms with van der Waals surface area (Å²) in [6.45, 7) is 9.34. The van der Waals surface area contributed by atoms with Crippen LogP contribution in [0, 0.1) is 10.8 Å². The van der Waals surface area contributed by atoms with Crippen LogP contribution >= 0.6 is 23.2 Å². The molecule has 2 aromatic heterocycles. The number of rotatable bonds is 10. The number of nitrogens with zero attached hydrogens (tertiary/aromatic N) is 4. The SMILES string of the molecule is COc1cc(N)c(C(=N)c2cnc(N3CC(C)(CNC(C)C)C3)nc2)cc1OCc1c(Cl)cncc1Cl. The number of hydrogen-bond donors (Lipinski definition) is 3. The Morgan fingerprint density at radius 2 is 1.78 bits per heavy atom. The average Bonchev–Trinajstić information content (AvgIpc) is 2.85. The standard InChI is InChI=1S/C26H31Cl2N7O2/c1-15(2)34-12-26(3)13-35(14-26)25-32-7-16(8-33-25)24(30)17-5-23(22(36-4)6-21(17)29)37-11-18-19(27)9-31-10-20(18)28/h5-10,15,30,34H,11-14,29H2,1-4H3. The van der Waals surface area contributed by atoms with Crippen molar-refractivity contribution in [3.63, 3.8) is 0 Å². The van der Waals surface area contributed by atoms with Crippen molar-refractivity contribution in [3.05, 3.63) is 63.7 Å². The molecular weight excluding hydrogens is 513 g/mol. The fourth-order valence-electron chi connectivity index (χ4n) is 4.14. The van der Waals surface area contributed by atoms with E-state index in [1.165, 1.54) is 19.5 Å². The van der Waals surface area contributed by atoms with Gasteiger partial charge in [0.25, 0.3) is 0 Å². The van der Waals surface area contributed by atoms with Gasteiger partial charge in [-0.05, 0) is 6.07 Å². The van der Waals surface area contributed by atoms with Crippen molar-refractivity contribution in [1.29, 1.82) is 5.41 Å². The van der Waals surface area contributed by atoms with Gasteiger partial charge in [-0.2, -0.15) is 0 Å². The first-order valence-electron chi connectivity index (χ1n) is 11.9. The molecule has 0 atom stereocenters. The van der Waals surface area contributed by atoms with Gasteiger partial charge < -0.3 is 25.4 Å². The van der Waals surface area contributed by atoms with Gasteiger partial charge in [-0.15, -0.1) is 0 Å². The number of nitrogens with two attached hydrogens (primary N) is 1. The van der Waals surface area contributed by atoms with Gasteiger partial charge in [-0.1, -0.05) is 44.0 Å². The van der Waals surface area contributed by atoms with E-state index in [4.69, 9.17) is 43.8 Å². The van der Waals surface area contributed by atoms with Crippen LogP contribution in [-0.2, 0) is 6.61 Å². The summed E-state index contributed by atoms with van der Waals surface area (Å²) in [5.41, 5.74) is 8.60. The number of anilines is 2. The Morgan fingerprint density at radius 1 is 1.14 bits per heavy atom. The third-order valence-corrected chi connectivity index (χ3v) is 6.87. The molecule has 1 fully saturated rings. The summed E-state index contributed by atoms with van der Waals surface area (Å²) in [6, 6.07) is 3.74. The molecule has 0 bridgehead atoms. The van der Waals surface area contributed by atoms with E-state index < -0.39 is 0 Å². The molecule has 11 heteroatoms. The van der Waals surface area contributed by atoms with Gasteiger partial charge >= 0.3 is 0 Å². The van der Waals surface area contributed by atoms with Crippen LogP contribution in [0.1, 0.15) is 37.5 Å². The zero-order chi connectivity index (χ0) is 26.7. The normalized spacial score (nSPS) is 14.4. The highest BCUT2D eigenvalue weighted by atomic mass is 35.5. The molecule has 0 spiro atoms. The Hall–Kier alpha value is -3.14. The Kier molecular flexibility index (Phi) is 8.06. The van der Waals surface area contributed by atoms with Gasteiger partial charge in [0.1, 0.15) is 6.61 Å². The number of pyridine rings is 1. The fourth-order valence-corrected chi connectivity index (χ4v) is 4.61. The van der Waals surface area contributed by atoms with Crippen LogP contribution in [0.25, 0.3) is 0 Å². The van der Waals surface area contributed by atoms with Gasteiger partial charge in [0, 0.05) is 84.3 Å². The monoisotopic (exact) mass is 543 g/mol. The Bertz CT molecular complexity index is 1260. The smallest absolute Gasteiger partial charge is 0.225 e. The van der Waals surface area contributed by atoms with Crippen LogP contribution in [0.2, 0.25) is 10.0 Å². The van der Waals surface area contributed by atoms with E-state index >= 15 is 0 Å². The van der Waals surface area contributed by atoms with E-state index in [9.17, 15) is 0 Å². The molecular formula is C26H31Cl2N7O2. The quantitative estimate of drug-likeness (QED) is 0.250. The van der Waals surface area contributed by atoms with Crippen LogP contribution in [0.5, 0.6) is 11.5 Å². The third kappa shape index (κ3) is 6.06. The first kappa shape index (κ1) is 26.9. The molecule has 3 aromatic rings. The third-order valence-electron chi connectivity index (χ3n) is 6.22. The molecule has 0 unspecified atom stereocenters. The van der Waals surface area contributed by atoms with Crippen molar-refractivity contribution >= 4 is 40.5 Å². The number of hydrogen-bond acceptors (Lipinski definition) is 9. The molecule has 37 heavy (non-hydrogen) atoms. The van der Waals surface area contributed by atoms with Crippen LogP contribution in [0.3, 0.4) is 0 Å². The minimum Gasteiger partial charge on any atom is -0.493 e. The zero-order valence-electron chi connectivity index (χ0n) is 21.3. The maximum Gasteiger partial charge on any atom is 0.225 e. The van der Waals surface area contributed by atoms with Crippen LogP contribution in [0.4, 0.5) is 11.6 Å². The summed E-state index contributed by atoms with van der Waals surface area (Å²) in [7, 11) is 1.52. The molecule has 4 N–H and O–H groups in total. The predicted molar refractivity (Wildman–Crippen MR) is 147 cm³/mol. The molecule has 0 aliphatic carbocycles. The predicted octanol–water partition coefficient (Wildman–Crippen LogP) is 4.59. The van der Waals surface area contributed by atoms with E-state index in [1.807, 2.05) is 0 Å². The summed E-state index contributed by atoms with van der Waals surface area (Å²) in [6.07, 6.45) is 6.29. The van der Waals surface area contributed by atoms with E-state index in [-0.39, 0.29) is 17.7 Å². The summed E-state index contributed by atoms with van der Waals surface area (Å²) in [4.78, 5) is 15.1. The topological polar surface area (TPSA) is 122 Å². The first-order valence-corrected chi connectivity index (χ1v) is 12.6. The number of ether oxygens (including phenoxy) is 2. The van der Waals surface area contributed by atoms with E-state index in [1.54, 1.807) is 24.5 Å². The highest BCUT2D eigenvalue weighted by Crippen LogP contribution is 2.35. The Morgan fingerprint density at radius 3 is 2.38 bits per heavy atom. The van der Waals surface area contributed by atoms with Crippen LogP contribution in [0.15, 0.2) is 36.9 Å². The van der Waals surface area contributed by atoms with Crippen molar-refractivity contribution in [2.75, 3.05) is 37.4 Å². The maximum atomic E-state index is 8.77. The van der Waals surface area contributed by atoms with E-state index in [0.29, 0.717) is 55.9 Å². The summed E-state index contributed by atoms with van der Waals surface area (Å²) in [5, 5.41) is 13.1. The molecule has 0 amide bonds. The number of aromatic nitrogens is 3. The molecule has 1 aliphatic heterocycles. The molecule has 1 aliphatic rings. The first-order chi connectivity index (χ1) is 17.6. The van der Waals surface area contributed by atoms with Gasteiger partial charge in [-0.25, -0.2) is 9.97 Å². The second-order valence-corrected chi connectivity index (χ2v) is 10.6. The Labute approximate surface area is 226 Å². The van der Waals surface area contributed by atoms with Crippen molar-refractivity contribution in [2.45, 2.75) is 33.4 Å².